The molecule has 0 atom stereocenters. The number of primary amides is 1. The zero-order valence-corrected chi connectivity index (χ0v) is 8.27. The summed E-state index contributed by atoms with van der Waals surface area (Å²) in [6, 6.07) is 7.46. The van der Waals surface area contributed by atoms with Crippen LogP contribution >= 0.6 is 0 Å². The zero-order chi connectivity index (χ0) is 10.8. The molecule has 1 aliphatic rings. The average Bonchev–Trinajstić information content (AvgIpc) is 2.22. The van der Waals surface area contributed by atoms with E-state index in [0.717, 1.165) is 12.0 Å². The smallest absolute Gasteiger partial charge is 0.254 e. The SMILES string of the molecule is NC(=O)CN1CCc2ccccc2C1=O. The molecule has 0 saturated heterocycles. The summed E-state index contributed by atoms with van der Waals surface area (Å²) in [6.07, 6.45) is 0.787. The summed E-state index contributed by atoms with van der Waals surface area (Å²) < 4.78 is 0. The Kier molecular flexibility index (Phi) is 2.41. The molecule has 0 aromatic heterocycles. The minimum atomic E-state index is -0.470. The largest absolute Gasteiger partial charge is 0.368 e. The van der Waals surface area contributed by atoms with Crippen LogP contribution in [0.3, 0.4) is 0 Å². The lowest BCUT2D eigenvalue weighted by Crippen LogP contribution is -2.42. The third-order valence-corrected chi connectivity index (χ3v) is 2.53. The molecule has 2 amide bonds. The summed E-state index contributed by atoms with van der Waals surface area (Å²) in [4.78, 5) is 24.1. The van der Waals surface area contributed by atoms with E-state index in [0.29, 0.717) is 12.1 Å². The van der Waals surface area contributed by atoms with Crippen LogP contribution in [-0.4, -0.2) is 29.8 Å². The molecule has 0 aliphatic carbocycles. The molecule has 15 heavy (non-hydrogen) atoms. The molecule has 4 heteroatoms. The van der Waals surface area contributed by atoms with E-state index >= 15 is 0 Å². The summed E-state index contributed by atoms with van der Waals surface area (Å²) in [5, 5.41) is 0. The molecular formula is C11H12N2O2. The van der Waals surface area contributed by atoms with Crippen LogP contribution in [-0.2, 0) is 11.2 Å². The van der Waals surface area contributed by atoms with Crippen molar-refractivity contribution >= 4 is 11.8 Å². The number of nitrogens with two attached hydrogens (primary N) is 1. The van der Waals surface area contributed by atoms with Gasteiger partial charge in [-0.2, -0.15) is 0 Å². The van der Waals surface area contributed by atoms with Crippen molar-refractivity contribution in [3.05, 3.63) is 35.4 Å². The second-order valence-electron chi connectivity index (χ2n) is 3.60. The van der Waals surface area contributed by atoms with Crippen LogP contribution in [0, 0.1) is 0 Å². The number of amides is 2. The first-order valence-electron chi connectivity index (χ1n) is 4.84. The number of carbonyl (C=O) groups excluding carboxylic acids is 2. The van der Waals surface area contributed by atoms with Gasteiger partial charge in [-0.3, -0.25) is 9.59 Å². The standard InChI is InChI=1S/C11H12N2O2/c12-10(14)7-13-6-5-8-3-1-2-4-9(8)11(13)15/h1-4H,5-7H2,(H2,12,14). The number of carbonyl (C=O) groups is 2. The highest BCUT2D eigenvalue weighted by Gasteiger charge is 2.24. The van der Waals surface area contributed by atoms with E-state index in [1.807, 2.05) is 18.2 Å². The molecule has 1 aromatic carbocycles. The highest BCUT2D eigenvalue weighted by atomic mass is 16.2. The fourth-order valence-corrected chi connectivity index (χ4v) is 1.81. The van der Waals surface area contributed by atoms with Crippen LogP contribution in [0.25, 0.3) is 0 Å². The molecule has 1 aromatic rings. The van der Waals surface area contributed by atoms with Gasteiger partial charge >= 0.3 is 0 Å². The molecule has 78 valence electrons. The van der Waals surface area contributed by atoms with Gasteiger partial charge in [0.05, 0.1) is 6.54 Å². The first-order chi connectivity index (χ1) is 7.18. The summed E-state index contributed by atoms with van der Waals surface area (Å²) in [5.41, 5.74) is 6.80. The monoisotopic (exact) mass is 204 g/mol. The predicted molar refractivity (Wildman–Crippen MR) is 55.2 cm³/mol. The Bertz CT molecular complexity index is 415. The highest BCUT2D eigenvalue weighted by molar-refractivity contribution is 5.98. The van der Waals surface area contributed by atoms with Crippen LogP contribution < -0.4 is 5.73 Å². The number of rotatable bonds is 2. The van der Waals surface area contributed by atoms with Gasteiger partial charge in [-0.25, -0.2) is 0 Å². The first-order valence-corrected chi connectivity index (χ1v) is 4.84. The van der Waals surface area contributed by atoms with E-state index in [1.165, 1.54) is 4.90 Å². The van der Waals surface area contributed by atoms with Crippen LogP contribution in [0.15, 0.2) is 24.3 Å². The summed E-state index contributed by atoms with van der Waals surface area (Å²) in [5.74, 6) is -0.571. The van der Waals surface area contributed by atoms with Crippen LogP contribution in [0.4, 0.5) is 0 Å². The van der Waals surface area contributed by atoms with Gasteiger partial charge in [-0.1, -0.05) is 18.2 Å². The fourth-order valence-electron chi connectivity index (χ4n) is 1.81. The quantitative estimate of drug-likeness (QED) is 0.746. The lowest BCUT2D eigenvalue weighted by molar-refractivity contribution is -0.118. The van der Waals surface area contributed by atoms with Crippen molar-refractivity contribution < 1.29 is 9.59 Å². The summed E-state index contributed by atoms with van der Waals surface area (Å²) in [6.45, 7) is 0.575. The predicted octanol–water partition coefficient (Wildman–Crippen LogP) is 0.170. The van der Waals surface area contributed by atoms with E-state index in [9.17, 15) is 9.59 Å². The Morgan fingerprint density at radius 2 is 2.13 bits per heavy atom. The van der Waals surface area contributed by atoms with E-state index < -0.39 is 5.91 Å². The van der Waals surface area contributed by atoms with Crippen LogP contribution in [0.5, 0.6) is 0 Å². The maximum atomic E-state index is 11.9. The second kappa shape index (κ2) is 3.73. The zero-order valence-electron chi connectivity index (χ0n) is 8.27. The maximum Gasteiger partial charge on any atom is 0.254 e. The maximum absolute atomic E-state index is 11.9. The Balaban J connectivity index is 2.26. The lowest BCUT2D eigenvalue weighted by atomic mass is 9.99. The van der Waals surface area contributed by atoms with Gasteiger partial charge in [0.1, 0.15) is 0 Å². The fraction of sp³-hybridized carbons (Fsp3) is 0.273. The van der Waals surface area contributed by atoms with Gasteiger partial charge in [0.25, 0.3) is 5.91 Å². The van der Waals surface area contributed by atoms with Gasteiger partial charge in [-0.05, 0) is 18.1 Å². The topological polar surface area (TPSA) is 63.4 Å². The molecule has 0 saturated carbocycles. The molecular weight excluding hydrogens is 192 g/mol. The molecule has 0 fully saturated rings. The number of benzene rings is 1. The molecule has 2 rings (SSSR count). The Hall–Kier alpha value is -1.84. The minimum absolute atomic E-state index is 0.00711. The molecule has 0 radical (unpaired) electrons. The van der Waals surface area contributed by atoms with Crippen molar-refractivity contribution in [2.45, 2.75) is 6.42 Å². The van der Waals surface area contributed by atoms with Crippen molar-refractivity contribution in [1.82, 2.24) is 4.90 Å². The number of nitrogens with zero attached hydrogens (tertiary/aromatic N) is 1. The normalized spacial score (nSPS) is 14.9. The molecule has 0 bridgehead atoms. The molecule has 0 spiro atoms. The van der Waals surface area contributed by atoms with Gasteiger partial charge in [0.15, 0.2) is 0 Å². The van der Waals surface area contributed by atoms with Crippen molar-refractivity contribution in [1.29, 1.82) is 0 Å². The van der Waals surface area contributed by atoms with Crippen molar-refractivity contribution in [3.8, 4) is 0 Å². The minimum Gasteiger partial charge on any atom is -0.368 e. The Morgan fingerprint density at radius 3 is 2.87 bits per heavy atom. The Morgan fingerprint density at radius 1 is 1.40 bits per heavy atom. The van der Waals surface area contributed by atoms with E-state index in [2.05, 4.69) is 0 Å². The van der Waals surface area contributed by atoms with Gasteiger partial charge in [0.2, 0.25) is 5.91 Å². The molecule has 4 nitrogen and oxygen atoms in total. The van der Waals surface area contributed by atoms with Gasteiger partial charge < -0.3 is 10.6 Å². The van der Waals surface area contributed by atoms with Crippen molar-refractivity contribution in [3.63, 3.8) is 0 Å². The number of fused-ring (bicyclic) bond motifs is 1. The highest BCUT2D eigenvalue weighted by Crippen LogP contribution is 2.17. The summed E-state index contributed by atoms with van der Waals surface area (Å²) in [7, 11) is 0. The van der Waals surface area contributed by atoms with E-state index in [-0.39, 0.29) is 12.5 Å². The van der Waals surface area contributed by atoms with E-state index in [1.54, 1.807) is 6.07 Å². The Labute approximate surface area is 87.7 Å². The molecule has 1 aliphatic heterocycles. The molecule has 1 heterocycles. The third kappa shape index (κ3) is 1.83. The average molecular weight is 204 g/mol. The van der Waals surface area contributed by atoms with Gasteiger partial charge in [0, 0.05) is 12.1 Å². The summed E-state index contributed by atoms with van der Waals surface area (Å²) >= 11 is 0. The lowest BCUT2D eigenvalue weighted by Gasteiger charge is -2.27. The van der Waals surface area contributed by atoms with E-state index in [4.69, 9.17) is 5.73 Å². The second-order valence-corrected chi connectivity index (χ2v) is 3.60. The van der Waals surface area contributed by atoms with Crippen molar-refractivity contribution in [2.75, 3.05) is 13.1 Å². The first kappa shape index (κ1) is 9.71. The van der Waals surface area contributed by atoms with Crippen LogP contribution in [0.2, 0.25) is 0 Å². The number of hydrogen-bond acceptors (Lipinski definition) is 2. The van der Waals surface area contributed by atoms with Crippen molar-refractivity contribution in [2.24, 2.45) is 5.73 Å². The van der Waals surface area contributed by atoms with Crippen LogP contribution in [0.1, 0.15) is 15.9 Å². The molecule has 2 N–H and O–H groups in total. The molecule has 0 unspecified atom stereocenters. The third-order valence-electron chi connectivity index (χ3n) is 2.53. The number of hydrogen-bond donors (Lipinski definition) is 1. The van der Waals surface area contributed by atoms with Gasteiger partial charge in [-0.15, -0.1) is 0 Å².